The molecule has 2 heterocycles. The van der Waals surface area contributed by atoms with E-state index in [1.165, 1.54) is 4.31 Å². The zero-order chi connectivity index (χ0) is 20.1. The molecule has 0 aromatic heterocycles. The van der Waals surface area contributed by atoms with Gasteiger partial charge in [0.1, 0.15) is 5.75 Å². The van der Waals surface area contributed by atoms with Crippen molar-refractivity contribution >= 4 is 33.2 Å². The first-order chi connectivity index (χ1) is 13.3. The SMILES string of the molecule is CS(=O)(=O)N1CC[C@@H](C(=O)NCCCN2CCOCC2)Oc2ccc(Cl)cc21. The fraction of sp³-hybridized carbons (Fsp3) is 0.611. The molecule has 3 rings (SSSR count). The van der Waals surface area contributed by atoms with Crippen LogP contribution >= 0.6 is 11.6 Å². The van der Waals surface area contributed by atoms with Crippen molar-refractivity contribution in [2.45, 2.75) is 18.9 Å². The Morgan fingerprint density at radius 3 is 2.75 bits per heavy atom. The van der Waals surface area contributed by atoms with Gasteiger partial charge >= 0.3 is 0 Å². The maximum Gasteiger partial charge on any atom is 0.261 e. The summed E-state index contributed by atoms with van der Waals surface area (Å²) in [6.07, 6.45) is 1.47. The van der Waals surface area contributed by atoms with Gasteiger partial charge in [0.2, 0.25) is 10.0 Å². The van der Waals surface area contributed by atoms with Crippen LogP contribution in [0.3, 0.4) is 0 Å². The summed E-state index contributed by atoms with van der Waals surface area (Å²) in [5.74, 6) is 0.0963. The van der Waals surface area contributed by atoms with Gasteiger partial charge in [-0.05, 0) is 31.2 Å². The normalized spacial score (nSPS) is 20.8. The molecule has 2 aliphatic rings. The molecule has 0 saturated carbocycles. The molecule has 28 heavy (non-hydrogen) atoms. The first-order valence-electron chi connectivity index (χ1n) is 9.36. The van der Waals surface area contributed by atoms with Gasteiger partial charge < -0.3 is 14.8 Å². The molecule has 0 spiro atoms. The quantitative estimate of drug-likeness (QED) is 0.678. The van der Waals surface area contributed by atoms with Gasteiger partial charge in [-0.1, -0.05) is 11.6 Å². The molecule has 0 unspecified atom stereocenters. The van der Waals surface area contributed by atoms with Crippen molar-refractivity contribution in [1.82, 2.24) is 10.2 Å². The Balaban J connectivity index is 1.59. The second-order valence-electron chi connectivity index (χ2n) is 6.94. The Morgan fingerprint density at radius 1 is 1.29 bits per heavy atom. The molecule has 1 saturated heterocycles. The van der Waals surface area contributed by atoms with Crippen molar-refractivity contribution in [3.05, 3.63) is 23.2 Å². The van der Waals surface area contributed by atoms with E-state index in [0.29, 0.717) is 23.0 Å². The van der Waals surface area contributed by atoms with E-state index in [1.807, 2.05) is 0 Å². The van der Waals surface area contributed by atoms with E-state index in [1.54, 1.807) is 18.2 Å². The van der Waals surface area contributed by atoms with Crippen molar-refractivity contribution in [3.63, 3.8) is 0 Å². The average molecular weight is 432 g/mol. The van der Waals surface area contributed by atoms with Gasteiger partial charge in [-0.2, -0.15) is 0 Å². The van der Waals surface area contributed by atoms with Crippen molar-refractivity contribution in [3.8, 4) is 5.75 Å². The number of halogens is 1. The molecule has 1 fully saturated rings. The number of amides is 1. The topological polar surface area (TPSA) is 88.2 Å². The molecule has 0 bridgehead atoms. The third kappa shape index (κ3) is 5.50. The summed E-state index contributed by atoms with van der Waals surface area (Å²) >= 11 is 6.02. The number of morpholine rings is 1. The zero-order valence-electron chi connectivity index (χ0n) is 15.9. The van der Waals surface area contributed by atoms with E-state index in [9.17, 15) is 13.2 Å². The third-order valence-electron chi connectivity index (χ3n) is 4.80. The van der Waals surface area contributed by atoms with Crippen LogP contribution in [-0.2, 0) is 19.6 Å². The number of carbonyl (C=O) groups is 1. The second-order valence-corrected chi connectivity index (χ2v) is 9.28. The van der Waals surface area contributed by atoms with Gasteiger partial charge in [-0.3, -0.25) is 14.0 Å². The Hall–Kier alpha value is -1.55. The minimum atomic E-state index is -3.51. The third-order valence-corrected chi connectivity index (χ3v) is 6.22. The molecule has 0 radical (unpaired) electrons. The molecule has 1 aromatic carbocycles. The number of ether oxygens (including phenoxy) is 2. The number of anilines is 1. The summed E-state index contributed by atoms with van der Waals surface area (Å²) in [5.41, 5.74) is 0.359. The first-order valence-corrected chi connectivity index (χ1v) is 11.6. The minimum Gasteiger partial charge on any atom is -0.478 e. The van der Waals surface area contributed by atoms with Crippen LogP contribution in [0.15, 0.2) is 18.2 Å². The van der Waals surface area contributed by atoms with Crippen molar-refractivity contribution in [1.29, 1.82) is 0 Å². The molecule has 1 N–H and O–H groups in total. The highest BCUT2D eigenvalue weighted by atomic mass is 35.5. The standard InChI is InChI=1S/C18H26ClN3O5S/c1-28(24,25)22-8-5-17(27-16-4-3-14(19)13-15(16)22)18(23)20-6-2-7-21-9-11-26-12-10-21/h3-4,13,17H,2,5-12H2,1H3,(H,20,23)/t17-/m0/s1. The Bertz CT molecular complexity index is 798. The van der Waals surface area contributed by atoms with Crippen LogP contribution in [0.5, 0.6) is 5.75 Å². The smallest absolute Gasteiger partial charge is 0.261 e. The molecule has 2 aliphatic heterocycles. The van der Waals surface area contributed by atoms with Gasteiger partial charge in [-0.15, -0.1) is 0 Å². The highest BCUT2D eigenvalue weighted by Crippen LogP contribution is 2.36. The summed E-state index contributed by atoms with van der Waals surface area (Å²) < 4.78 is 36.7. The summed E-state index contributed by atoms with van der Waals surface area (Å²) in [6.45, 7) is 4.93. The highest BCUT2D eigenvalue weighted by Gasteiger charge is 2.31. The number of carbonyl (C=O) groups excluding carboxylic acids is 1. The Kier molecular flexibility index (Phi) is 7.03. The van der Waals surface area contributed by atoms with E-state index in [4.69, 9.17) is 21.1 Å². The van der Waals surface area contributed by atoms with Crippen LogP contribution in [0, 0.1) is 0 Å². The van der Waals surface area contributed by atoms with Gasteiger partial charge in [-0.25, -0.2) is 8.42 Å². The number of benzene rings is 1. The largest absolute Gasteiger partial charge is 0.478 e. The molecule has 1 atom stereocenters. The highest BCUT2D eigenvalue weighted by molar-refractivity contribution is 7.92. The molecule has 0 aliphatic carbocycles. The lowest BCUT2D eigenvalue weighted by molar-refractivity contribution is -0.128. The molecule has 10 heteroatoms. The van der Waals surface area contributed by atoms with Gasteiger partial charge in [0, 0.05) is 37.6 Å². The second kappa shape index (κ2) is 9.30. The first kappa shape index (κ1) is 21.2. The maximum atomic E-state index is 12.6. The lowest BCUT2D eigenvalue weighted by Crippen LogP contribution is -2.41. The number of hydrogen-bond donors (Lipinski definition) is 1. The summed E-state index contributed by atoms with van der Waals surface area (Å²) in [6, 6.07) is 4.75. The van der Waals surface area contributed by atoms with Crippen LogP contribution < -0.4 is 14.4 Å². The minimum absolute atomic E-state index is 0.151. The number of rotatable bonds is 6. The van der Waals surface area contributed by atoms with E-state index in [-0.39, 0.29) is 18.9 Å². The monoisotopic (exact) mass is 431 g/mol. The van der Waals surface area contributed by atoms with Crippen molar-refractivity contribution in [2.75, 3.05) is 56.5 Å². The number of sulfonamides is 1. The van der Waals surface area contributed by atoms with E-state index in [2.05, 4.69) is 10.2 Å². The molecule has 156 valence electrons. The molecule has 1 aromatic rings. The van der Waals surface area contributed by atoms with E-state index >= 15 is 0 Å². The molecule has 1 amide bonds. The van der Waals surface area contributed by atoms with E-state index in [0.717, 1.165) is 45.5 Å². The van der Waals surface area contributed by atoms with Crippen LogP contribution in [0.25, 0.3) is 0 Å². The van der Waals surface area contributed by atoms with Gasteiger partial charge in [0.15, 0.2) is 6.10 Å². The Labute approximate surface area is 170 Å². The van der Waals surface area contributed by atoms with Crippen LogP contribution in [0.1, 0.15) is 12.8 Å². The molecule has 8 nitrogen and oxygen atoms in total. The van der Waals surface area contributed by atoms with Crippen molar-refractivity contribution < 1.29 is 22.7 Å². The van der Waals surface area contributed by atoms with E-state index < -0.39 is 16.1 Å². The molecular weight excluding hydrogens is 406 g/mol. The number of fused-ring (bicyclic) bond motifs is 1. The fourth-order valence-electron chi connectivity index (χ4n) is 3.33. The van der Waals surface area contributed by atoms with Crippen LogP contribution in [-0.4, -0.2) is 77.5 Å². The van der Waals surface area contributed by atoms with Crippen LogP contribution in [0.2, 0.25) is 5.02 Å². The fourth-order valence-corrected chi connectivity index (χ4v) is 4.44. The number of nitrogens with zero attached hydrogens (tertiary/aromatic N) is 2. The summed E-state index contributed by atoms with van der Waals surface area (Å²) in [7, 11) is -3.51. The van der Waals surface area contributed by atoms with Gasteiger partial charge in [0.25, 0.3) is 5.91 Å². The zero-order valence-corrected chi connectivity index (χ0v) is 17.5. The van der Waals surface area contributed by atoms with Crippen molar-refractivity contribution in [2.24, 2.45) is 0 Å². The van der Waals surface area contributed by atoms with Gasteiger partial charge in [0.05, 0.1) is 25.2 Å². The lowest BCUT2D eigenvalue weighted by atomic mass is 10.2. The van der Waals surface area contributed by atoms with Crippen LogP contribution in [0.4, 0.5) is 5.69 Å². The summed E-state index contributed by atoms with van der Waals surface area (Å²) in [4.78, 5) is 14.9. The predicted octanol–water partition coefficient (Wildman–Crippen LogP) is 1.10. The average Bonchev–Trinajstić information content (AvgIpc) is 2.85. The maximum absolute atomic E-state index is 12.6. The number of hydrogen-bond acceptors (Lipinski definition) is 6. The molecular formula is C18H26ClN3O5S. The predicted molar refractivity (Wildman–Crippen MR) is 108 cm³/mol. The lowest BCUT2D eigenvalue weighted by Gasteiger charge is -2.26. The Morgan fingerprint density at radius 2 is 2.04 bits per heavy atom. The number of nitrogens with one attached hydrogen (secondary N) is 1. The summed E-state index contributed by atoms with van der Waals surface area (Å²) in [5, 5.41) is 3.30.